The maximum Gasteiger partial charge on any atom is 0.407 e. The lowest BCUT2D eigenvalue weighted by molar-refractivity contribution is -0.129. The number of carbonyl (C=O) groups excluding carboxylic acids is 3. The van der Waals surface area contributed by atoms with Gasteiger partial charge < -0.3 is 20.1 Å². The molecule has 1 heterocycles. The molecule has 0 radical (unpaired) electrons. The summed E-state index contributed by atoms with van der Waals surface area (Å²) < 4.78 is 11.1. The van der Waals surface area contributed by atoms with Gasteiger partial charge in [-0.1, -0.05) is 41.9 Å². The lowest BCUT2D eigenvalue weighted by atomic mass is 9.91. The minimum Gasteiger partial charge on any atom is -0.479 e. The molecule has 8 heteroatoms. The molecule has 172 valence electrons. The summed E-state index contributed by atoms with van der Waals surface area (Å²) in [7, 11) is 0. The number of nitrogens with one attached hydrogen (secondary N) is 2. The average molecular weight is 469 g/mol. The number of carbonyl (C=O) groups is 3. The van der Waals surface area contributed by atoms with Gasteiger partial charge in [-0.25, -0.2) is 4.79 Å². The first-order valence-corrected chi connectivity index (χ1v) is 11.6. The Balaban J connectivity index is 1.10. The number of Topliss-reactive ketones (excluding diaryl/α,β-unsaturated/α-hetero) is 1. The van der Waals surface area contributed by atoms with E-state index < -0.39 is 12.2 Å². The normalized spacial score (nSPS) is 27.4. The Kier molecular flexibility index (Phi) is 5.98. The van der Waals surface area contributed by atoms with Crippen LogP contribution in [-0.4, -0.2) is 36.0 Å². The van der Waals surface area contributed by atoms with Gasteiger partial charge in [0.2, 0.25) is 0 Å². The van der Waals surface area contributed by atoms with Crippen molar-refractivity contribution in [1.82, 2.24) is 10.6 Å². The zero-order chi connectivity index (χ0) is 22.9. The predicted molar refractivity (Wildman–Crippen MR) is 121 cm³/mol. The molecule has 2 fully saturated rings. The third-order valence-electron chi connectivity index (χ3n) is 6.88. The Morgan fingerprint density at radius 3 is 2.45 bits per heavy atom. The molecule has 2 N–H and O–H groups in total. The summed E-state index contributed by atoms with van der Waals surface area (Å²) in [5.74, 6) is 0.547. The van der Waals surface area contributed by atoms with Crippen LogP contribution in [0.1, 0.15) is 41.6 Å². The van der Waals surface area contributed by atoms with E-state index in [0.29, 0.717) is 22.3 Å². The standard InChI is InChI=1S/C25H25ClN2O5/c26-17-6-7-22-18(11-17)21(29)12-23(33-22)24(30)27-19-9-16-8-15(19)10-20(16)28-25(31)32-13-14-4-2-1-3-5-14/h1-7,11,15-16,19-20,23H,8-10,12-13H2,(H,27,30)(H,28,31)/t15-,16-,19+,20+,23+/m0/s1. The first-order chi connectivity index (χ1) is 16.0. The van der Waals surface area contributed by atoms with Gasteiger partial charge in [0.1, 0.15) is 12.4 Å². The van der Waals surface area contributed by atoms with E-state index in [2.05, 4.69) is 10.6 Å². The third-order valence-corrected chi connectivity index (χ3v) is 7.11. The Bertz CT molecular complexity index is 1080. The van der Waals surface area contributed by atoms with E-state index in [-0.39, 0.29) is 42.7 Å². The van der Waals surface area contributed by atoms with E-state index in [4.69, 9.17) is 21.1 Å². The number of amides is 2. The van der Waals surface area contributed by atoms with Crippen LogP contribution in [0.25, 0.3) is 0 Å². The summed E-state index contributed by atoms with van der Waals surface area (Å²) in [6.45, 7) is 0.238. The van der Waals surface area contributed by atoms with E-state index >= 15 is 0 Å². The molecule has 0 aromatic heterocycles. The average Bonchev–Trinajstić information content (AvgIpc) is 3.38. The smallest absolute Gasteiger partial charge is 0.407 e. The molecule has 0 spiro atoms. The van der Waals surface area contributed by atoms with Crippen molar-refractivity contribution in [2.24, 2.45) is 11.8 Å². The van der Waals surface area contributed by atoms with Gasteiger partial charge in [0.05, 0.1) is 12.0 Å². The first kappa shape index (κ1) is 21.8. The van der Waals surface area contributed by atoms with Gasteiger partial charge in [-0.3, -0.25) is 9.59 Å². The highest BCUT2D eigenvalue weighted by Crippen LogP contribution is 2.45. The number of halogens is 1. The van der Waals surface area contributed by atoms with Gasteiger partial charge in [-0.2, -0.15) is 0 Å². The number of fused-ring (bicyclic) bond motifs is 3. The molecule has 2 amide bonds. The van der Waals surface area contributed by atoms with Crippen LogP contribution in [0.3, 0.4) is 0 Å². The number of ether oxygens (including phenoxy) is 2. The molecule has 3 aliphatic rings. The van der Waals surface area contributed by atoms with Crippen LogP contribution < -0.4 is 15.4 Å². The van der Waals surface area contributed by atoms with Crippen LogP contribution in [0.4, 0.5) is 4.79 Å². The predicted octanol–water partition coefficient (Wildman–Crippen LogP) is 3.88. The quantitative estimate of drug-likeness (QED) is 0.694. The topological polar surface area (TPSA) is 93.7 Å². The second kappa shape index (κ2) is 9.06. The van der Waals surface area contributed by atoms with Gasteiger partial charge in [0.25, 0.3) is 5.91 Å². The number of benzene rings is 2. The molecule has 0 unspecified atom stereocenters. The van der Waals surface area contributed by atoms with E-state index in [1.165, 1.54) is 0 Å². The summed E-state index contributed by atoms with van der Waals surface area (Å²) in [6, 6.07) is 14.5. The number of ketones is 1. The lowest BCUT2D eigenvalue weighted by Crippen LogP contribution is -2.50. The van der Waals surface area contributed by atoms with Crippen LogP contribution in [0.15, 0.2) is 48.5 Å². The second-order valence-electron chi connectivity index (χ2n) is 9.03. The molecular formula is C25H25ClN2O5. The maximum absolute atomic E-state index is 12.8. The highest BCUT2D eigenvalue weighted by atomic mass is 35.5. The van der Waals surface area contributed by atoms with Crippen LogP contribution in [0, 0.1) is 11.8 Å². The third kappa shape index (κ3) is 4.69. The van der Waals surface area contributed by atoms with E-state index in [9.17, 15) is 14.4 Å². The summed E-state index contributed by atoms with van der Waals surface area (Å²) in [4.78, 5) is 37.5. The summed E-state index contributed by atoms with van der Waals surface area (Å²) in [6.07, 6.45) is 1.27. The fourth-order valence-electron chi connectivity index (χ4n) is 5.26. The second-order valence-corrected chi connectivity index (χ2v) is 9.47. The van der Waals surface area contributed by atoms with Crippen molar-refractivity contribution in [1.29, 1.82) is 0 Å². The molecule has 2 aliphatic carbocycles. The molecule has 0 saturated heterocycles. The largest absolute Gasteiger partial charge is 0.479 e. The molecule has 33 heavy (non-hydrogen) atoms. The Morgan fingerprint density at radius 2 is 1.73 bits per heavy atom. The molecule has 2 bridgehead atoms. The van der Waals surface area contributed by atoms with Crippen LogP contribution in [-0.2, 0) is 16.1 Å². The molecule has 7 nitrogen and oxygen atoms in total. The highest BCUT2D eigenvalue weighted by Gasteiger charge is 2.47. The van der Waals surface area contributed by atoms with Crippen LogP contribution in [0.2, 0.25) is 5.02 Å². The van der Waals surface area contributed by atoms with Crippen molar-refractivity contribution >= 4 is 29.4 Å². The van der Waals surface area contributed by atoms with E-state index in [0.717, 1.165) is 24.8 Å². The SMILES string of the molecule is O=C(N[C@@H]1C[C@@H]2C[C@H]1C[C@H]2NC(=O)[C@H]1CC(=O)c2cc(Cl)ccc2O1)OCc1ccccc1. The Hall–Kier alpha value is -3.06. The van der Waals surface area contributed by atoms with Gasteiger partial charge in [-0.15, -0.1) is 0 Å². The van der Waals surface area contributed by atoms with Crippen molar-refractivity contribution in [3.63, 3.8) is 0 Å². The lowest BCUT2D eigenvalue weighted by Gasteiger charge is -2.31. The number of hydrogen-bond acceptors (Lipinski definition) is 5. The van der Waals surface area contributed by atoms with Gasteiger partial charge in [0.15, 0.2) is 11.9 Å². The van der Waals surface area contributed by atoms with Crippen molar-refractivity contribution in [2.75, 3.05) is 0 Å². The molecule has 5 atom stereocenters. The Morgan fingerprint density at radius 1 is 1.00 bits per heavy atom. The van der Waals surface area contributed by atoms with Crippen LogP contribution >= 0.6 is 11.6 Å². The summed E-state index contributed by atoms with van der Waals surface area (Å²) in [5.41, 5.74) is 1.36. The number of alkyl carbamates (subject to hydrolysis) is 1. The fourth-order valence-corrected chi connectivity index (χ4v) is 5.44. The monoisotopic (exact) mass is 468 g/mol. The van der Waals surface area contributed by atoms with E-state index in [1.807, 2.05) is 30.3 Å². The minimum atomic E-state index is -0.841. The molecule has 2 saturated carbocycles. The van der Waals surface area contributed by atoms with Crippen molar-refractivity contribution in [3.8, 4) is 5.75 Å². The zero-order valence-corrected chi connectivity index (χ0v) is 18.7. The van der Waals surface area contributed by atoms with Gasteiger partial charge in [-0.05, 0) is 54.9 Å². The molecular weight excluding hydrogens is 444 g/mol. The molecule has 2 aromatic rings. The summed E-state index contributed by atoms with van der Waals surface area (Å²) >= 11 is 5.96. The number of rotatable bonds is 5. The zero-order valence-electron chi connectivity index (χ0n) is 18.0. The van der Waals surface area contributed by atoms with Crippen LogP contribution in [0.5, 0.6) is 5.75 Å². The fraction of sp³-hybridized carbons (Fsp3) is 0.400. The number of hydrogen-bond donors (Lipinski definition) is 2. The first-order valence-electron chi connectivity index (χ1n) is 11.2. The van der Waals surface area contributed by atoms with E-state index in [1.54, 1.807) is 18.2 Å². The highest BCUT2D eigenvalue weighted by molar-refractivity contribution is 6.31. The van der Waals surface area contributed by atoms with Gasteiger partial charge in [0, 0.05) is 17.1 Å². The molecule has 2 aromatic carbocycles. The van der Waals surface area contributed by atoms with Crippen molar-refractivity contribution in [2.45, 2.75) is 50.5 Å². The van der Waals surface area contributed by atoms with Gasteiger partial charge >= 0.3 is 6.09 Å². The Labute approximate surface area is 196 Å². The molecule has 5 rings (SSSR count). The summed E-state index contributed by atoms with van der Waals surface area (Å²) in [5, 5.41) is 6.52. The van der Waals surface area contributed by atoms with Crippen molar-refractivity contribution < 1.29 is 23.9 Å². The minimum absolute atomic E-state index is 0.00255. The molecule has 1 aliphatic heterocycles. The maximum atomic E-state index is 12.8. The van der Waals surface area contributed by atoms with Crippen molar-refractivity contribution in [3.05, 3.63) is 64.7 Å².